The summed E-state index contributed by atoms with van der Waals surface area (Å²) in [5.74, 6) is 1.56. The molecule has 0 aromatic carbocycles. The Morgan fingerprint density at radius 2 is 1.50 bits per heavy atom. The van der Waals surface area contributed by atoms with Crippen molar-refractivity contribution in [2.24, 2.45) is 11.8 Å². The maximum atomic E-state index is 3.20. The van der Waals surface area contributed by atoms with Crippen LogP contribution in [0.25, 0.3) is 0 Å². The second kappa shape index (κ2) is 8.25. The van der Waals surface area contributed by atoms with Crippen LogP contribution in [-0.2, 0) is 0 Å². The van der Waals surface area contributed by atoms with Crippen LogP contribution in [0.5, 0.6) is 0 Å². The predicted molar refractivity (Wildman–Crippen MR) is 64.7 cm³/mol. The molecule has 0 unspecified atom stereocenters. The Morgan fingerprint density at radius 1 is 1.00 bits per heavy atom. The van der Waals surface area contributed by atoms with E-state index in [0.29, 0.717) is 0 Å². The maximum absolute atomic E-state index is 3.20. The molecular weight excluding hydrogens is 172 g/mol. The number of nitrogens with zero attached hydrogens (tertiary/aromatic N) is 1. The van der Waals surface area contributed by atoms with Gasteiger partial charge in [0.2, 0.25) is 0 Å². The van der Waals surface area contributed by atoms with Gasteiger partial charge >= 0.3 is 0 Å². The molecule has 0 saturated heterocycles. The first-order chi connectivity index (χ1) is 6.56. The molecule has 0 amide bonds. The Labute approximate surface area is 90.1 Å². The number of hydrogen-bond donors (Lipinski definition) is 1. The molecule has 0 fully saturated rings. The molecule has 2 heteroatoms. The summed E-state index contributed by atoms with van der Waals surface area (Å²) in [6, 6.07) is 0. The quantitative estimate of drug-likeness (QED) is 0.604. The van der Waals surface area contributed by atoms with Crippen LogP contribution in [0.15, 0.2) is 0 Å². The molecule has 14 heavy (non-hydrogen) atoms. The van der Waals surface area contributed by atoms with Crippen molar-refractivity contribution in [1.29, 1.82) is 0 Å². The molecule has 0 heterocycles. The Bertz CT molecular complexity index is 111. The second-order valence-corrected chi connectivity index (χ2v) is 5.00. The lowest BCUT2D eigenvalue weighted by Gasteiger charge is -2.25. The van der Waals surface area contributed by atoms with E-state index < -0.39 is 0 Å². The van der Waals surface area contributed by atoms with Crippen molar-refractivity contribution >= 4 is 0 Å². The zero-order chi connectivity index (χ0) is 11.0. The van der Waals surface area contributed by atoms with Crippen molar-refractivity contribution in [2.45, 2.75) is 34.1 Å². The topological polar surface area (TPSA) is 15.3 Å². The highest BCUT2D eigenvalue weighted by Gasteiger charge is 2.08. The van der Waals surface area contributed by atoms with Crippen LogP contribution < -0.4 is 5.32 Å². The van der Waals surface area contributed by atoms with Crippen molar-refractivity contribution in [3.8, 4) is 0 Å². The zero-order valence-electron chi connectivity index (χ0n) is 10.6. The van der Waals surface area contributed by atoms with Crippen LogP contribution >= 0.6 is 0 Å². The maximum Gasteiger partial charge on any atom is 0.000450 e. The molecule has 0 bridgehead atoms. The third-order valence-electron chi connectivity index (χ3n) is 2.15. The van der Waals surface area contributed by atoms with Crippen LogP contribution in [0.4, 0.5) is 0 Å². The average Bonchev–Trinajstić information content (AvgIpc) is 2.02. The van der Waals surface area contributed by atoms with Gasteiger partial charge in [0.1, 0.15) is 0 Å². The summed E-state index contributed by atoms with van der Waals surface area (Å²) < 4.78 is 0. The Hall–Kier alpha value is -0.0800. The first kappa shape index (κ1) is 13.9. The third-order valence-corrected chi connectivity index (χ3v) is 2.15. The second-order valence-electron chi connectivity index (χ2n) is 5.00. The van der Waals surface area contributed by atoms with E-state index in [0.717, 1.165) is 18.4 Å². The van der Waals surface area contributed by atoms with Crippen LogP contribution in [0.3, 0.4) is 0 Å². The van der Waals surface area contributed by atoms with Crippen LogP contribution in [0.1, 0.15) is 34.1 Å². The minimum Gasteiger partial charge on any atom is -0.320 e. The fourth-order valence-corrected chi connectivity index (χ4v) is 1.77. The smallest absolute Gasteiger partial charge is 0.000450 e. The van der Waals surface area contributed by atoms with Gasteiger partial charge in [0.05, 0.1) is 0 Å². The molecule has 0 rings (SSSR count). The van der Waals surface area contributed by atoms with E-state index in [1.807, 2.05) is 7.05 Å². The summed E-state index contributed by atoms with van der Waals surface area (Å²) in [7, 11) is 2.02. The van der Waals surface area contributed by atoms with E-state index in [-0.39, 0.29) is 0 Å². The van der Waals surface area contributed by atoms with Crippen molar-refractivity contribution in [3.63, 3.8) is 0 Å². The molecule has 1 N–H and O–H groups in total. The van der Waals surface area contributed by atoms with E-state index in [1.54, 1.807) is 0 Å². The van der Waals surface area contributed by atoms with Gasteiger partial charge in [0, 0.05) is 13.1 Å². The number of rotatable bonds is 8. The Balaban J connectivity index is 3.72. The lowest BCUT2D eigenvalue weighted by atomic mass is 10.1. The van der Waals surface area contributed by atoms with E-state index >= 15 is 0 Å². The van der Waals surface area contributed by atoms with Crippen LogP contribution in [0, 0.1) is 11.8 Å². The van der Waals surface area contributed by atoms with E-state index in [4.69, 9.17) is 0 Å². The highest BCUT2D eigenvalue weighted by Crippen LogP contribution is 2.04. The molecule has 0 radical (unpaired) electrons. The normalized spacial score (nSPS) is 12.0. The zero-order valence-corrected chi connectivity index (χ0v) is 10.6. The van der Waals surface area contributed by atoms with Crippen molar-refractivity contribution in [3.05, 3.63) is 0 Å². The fourth-order valence-electron chi connectivity index (χ4n) is 1.77. The Kier molecular flexibility index (Phi) is 8.20. The van der Waals surface area contributed by atoms with Crippen molar-refractivity contribution in [1.82, 2.24) is 10.2 Å². The molecule has 0 aliphatic heterocycles. The summed E-state index contributed by atoms with van der Waals surface area (Å²) in [4.78, 5) is 2.59. The summed E-state index contributed by atoms with van der Waals surface area (Å²) in [6.45, 7) is 14.0. The van der Waals surface area contributed by atoms with Gasteiger partial charge in [-0.25, -0.2) is 0 Å². The summed E-state index contributed by atoms with van der Waals surface area (Å²) in [6.07, 6.45) is 1.26. The summed E-state index contributed by atoms with van der Waals surface area (Å²) in [5.41, 5.74) is 0. The molecule has 0 aliphatic rings. The van der Waals surface area contributed by atoms with Gasteiger partial charge in [0.25, 0.3) is 0 Å². The van der Waals surface area contributed by atoms with Gasteiger partial charge in [-0.05, 0) is 38.4 Å². The predicted octanol–water partition coefficient (Wildman–Crippen LogP) is 2.21. The molecule has 86 valence electrons. The van der Waals surface area contributed by atoms with Gasteiger partial charge in [-0.2, -0.15) is 0 Å². The van der Waals surface area contributed by atoms with Gasteiger partial charge in [-0.1, -0.05) is 27.7 Å². The summed E-state index contributed by atoms with van der Waals surface area (Å²) >= 11 is 0. The molecular formula is C12H28N2. The van der Waals surface area contributed by atoms with Gasteiger partial charge in [-0.15, -0.1) is 0 Å². The van der Waals surface area contributed by atoms with Crippen LogP contribution in [-0.4, -0.2) is 38.1 Å². The van der Waals surface area contributed by atoms with Crippen molar-refractivity contribution < 1.29 is 0 Å². The summed E-state index contributed by atoms with van der Waals surface area (Å²) in [5, 5.41) is 3.20. The lowest BCUT2D eigenvalue weighted by molar-refractivity contribution is 0.217. The number of nitrogens with one attached hydrogen (secondary N) is 1. The van der Waals surface area contributed by atoms with Crippen LogP contribution in [0.2, 0.25) is 0 Å². The minimum absolute atomic E-state index is 0.781. The van der Waals surface area contributed by atoms with E-state index in [1.165, 1.54) is 26.1 Å². The van der Waals surface area contributed by atoms with Crippen molar-refractivity contribution in [2.75, 3.05) is 33.2 Å². The molecule has 0 aromatic heterocycles. The highest BCUT2D eigenvalue weighted by molar-refractivity contribution is 4.63. The third kappa shape index (κ3) is 8.52. The number of hydrogen-bond acceptors (Lipinski definition) is 2. The Morgan fingerprint density at radius 3 is 1.86 bits per heavy atom. The standard InChI is InChI=1S/C12H28N2/c1-11(2)9-14(10-12(3)4)8-6-7-13-5/h11-13H,6-10H2,1-5H3. The molecule has 0 spiro atoms. The van der Waals surface area contributed by atoms with E-state index in [9.17, 15) is 0 Å². The lowest BCUT2D eigenvalue weighted by Crippen LogP contribution is -2.33. The average molecular weight is 200 g/mol. The molecule has 0 atom stereocenters. The molecule has 2 nitrogen and oxygen atoms in total. The monoisotopic (exact) mass is 200 g/mol. The van der Waals surface area contributed by atoms with E-state index in [2.05, 4.69) is 37.9 Å². The first-order valence-electron chi connectivity index (χ1n) is 5.93. The molecule has 0 aliphatic carbocycles. The molecule has 0 aromatic rings. The highest BCUT2D eigenvalue weighted by atomic mass is 15.1. The fraction of sp³-hybridized carbons (Fsp3) is 1.00. The largest absolute Gasteiger partial charge is 0.320 e. The SMILES string of the molecule is CNCCCN(CC(C)C)CC(C)C. The van der Waals surface area contributed by atoms with Gasteiger partial charge < -0.3 is 10.2 Å². The first-order valence-corrected chi connectivity index (χ1v) is 5.93. The van der Waals surface area contributed by atoms with Gasteiger partial charge in [0.15, 0.2) is 0 Å². The van der Waals surface area contributed by atoms with Gasteiger partial charge in [-0.3, -0.25) is 0 Å². The molecule has 0 saturated carbocycles. The minimum atomic E-state index is 0.781.